The van der Waals surface area contributed by atoms with Crippen LogP contribution in [-0.4, -0.2) is 67.7 Å². The van der Waals surface area contributed by atoms with Crippen molar-refractivity contribution in [3.8, 4) is 0 Å². The Balaban J connectivity index is 2.35. The van der Waals surface area contributed by atoms with Crippen LogP contribution in [0.2, 0.25) is 0 Å². The number of rotatable bonds is 7. The molecule has 0 radical (unpaired) electrons. The van der Waals surface area contributed by atoms with Gasteiger partial charge in [0.05, 0.1) is 12.5 Å². The van der Waals surface area contributed by atoms with Gasteiger partial charge in [-0.25, -0.2) is 9.18 Å². The molecule has 1 aliphatic heterocycles. The molecule has 1 aliphatic rings. The van der Waals surface area contributed by atoms with Crippen molar-refractivity contribution in [2.24, 2.45) is 0 Å². The van der Waals surface area contributed by atoms with Gasteiger partial charge >= 0.3 is 17.6 Å². The zero-order chi connectivity index (χ0) is 21.1. The molecule has 12 nitrogen and oxygen atoms in total. The van der Waals surface area contributed by atoms with Crippen LogP contribution < -0.4 is 11.0 Å². The highest BCUT2D eigenvalue weighted by Gasteiger charge is 2.50. The second-order valence-corrected chi connectivity index (χ2v) is 7.39. The minimum Gasteiger partial charge on any atom is -0.463 e. The predicted molar refractivity (Wildman–Crippen MR) is 89.0 cm³/mol. The topological polar surface area (TPSA) is 163 Å². The summed E-state index contributed by atoms with van der Waals surface area (Å²) in [5.41, 5.74) is -0.869. The highest BCUT2D eigenvalue weighted by molar-refractivity contribution is 7.86. The van der Waals surface area contributed by atoms with Crippen LogP contribution in [0.1, 0.15) is 13.8 Å². The van der Waals surface area contributed by atoms with Crippen LogP contribution in [0.3, 0.4) is 0 Å². The molecule has 0 amide bonds. The Hall–Kier alpha value is -2.58. The molecule has 0 aromatic carbocycles. The maximum Gasteiger partial charge on any atom is 0.346 e. The van der Waals surface area contributed by atoms with E-state index in [2.05, 4.69) is 15.3 Å². The van der Waals surface area contributed by atoms with Crippen molar-refractivity contribution < 1.29 is 40.8 Å². The van der Waals surface area contributed by atoms with Gasteiger partial charge in [0.25, 0.3) is 10.1 Å². The van der Waals surface area contributed by atoms with E-state index < -0.39 is 70.5 Å². The lowest BCUT2D eigenvalue weighted by molar-refractivity contribution is -0.151. The number of nitrogens with zero attached hydrogens (tertiary/aromatic N) is 1. The maximum absolute atomic E-state index is 13.9. The fourth-order valence-corrected chi connectivity index (χ4v) is 3.08. The molecule has 2 N–H and O–H groups in total. The van der Waals surface area contributed by atoms with Crippen LogP contribution in [0.5, 0.6) is 0 Å². The average Bonchev–Trinajstić information content (AvgIpc) is 2.84. The fraction of sp³-hybridized carbons (Fsp3) is 0.571. The lowest BCUT2D eigenvalue weighted by Crippen LogP contribution is -2.43. The number of halogens is 1. The number of carbonyl (C=O) groups is 2. The smallest absolute Gasteiger partial charge is 0.346 e. The van der Waals surface area contributed by atoms with E-state index in [0.717, 1.165) is 20.1 Å². The summed E-state index contributed by atoms with van der Waals surface area (Å²) < 4.78 is 57.4. The van der Waals surface area contributed by atoms with E-state index in [1.807, 2.05) is 0 Å². The van der Waals surface area contributed by atoms with E-state index >= 15 is 0 Å². The first-order valence-corrected chi connectivity index (χ1v) is 9.63. The van der Waals surface area contributed by atoms with E-state index in [4.69, 9.17) is 18.4 Å². The Morgan fingerprint density at radius 3 is 2.57 bits per heavy atom. The summed E-state index contributed by atoms with van der Waals surface area (Å²) in [6.07, 6.45) is -3.91. The zero-order valence-electron chi connectivity index (χ0n) is 15.0. The van der Waals surface area contributed by atoms with E-state index in [1.54, 1.807) is 0 Å². The van der Waals surface area contributed by atoms with Crippen molar-refractivity contribution in [3.05, 3.63) is 22.5 Å². The summed E-state index contributed by atoms with van der Waals surface area (Å²) in [6, 6.07) is 0. The van der Waals surface area contributed by atoms with Gasteiger partial charge in [0.2, 0.25) is 0 Å². The van der Waals surface area contributed by atoms with Gasteiger partial charge in [-0.15, -0.1) is 0 Å². The molecular formula is C14H18FN3O9S. The van der Waals surface area contributed by atoms with Crippen molar-refractivity contribution >= 4 is 27.9 Å². The summed E-state index contributed by atoms with van der Waals surface area (Å²) in [5, 5.41) is 2.45. The van der Waals surface area contributed by atoms with Gasteiger partial charge in [0.1, 0.15) is 24.6 Å². The third-order valence-electron chi connectivity index (χ3n) is 3.40. The van der Waals surface area contributed by atoms with Gasteiger partial charge in [0.15, 0.2) is 18.1 Å². The first-order valence-electron chi connectivity index (χ1n) is 7.82. The fourth-order valence-electron chi connectivity index (χ4n) is 2.44. The molecule has 1 fully saturated rings. The van der Waals surface area contributed by atoms with Crippen molar-refractivity contribution in [2.45, 2.75) is 38.4 Å². The van der Waals surface area contributed by atoms with Gasteiger partial charge in [0, 0.05) is 13.8 Å². The molecule has 0 saturated carbocycles. The summed E-state index contributed by atoms with van der Waals surface area (Å²) in [5.74, 6) is -2.87. The number of aromatic nitrogens is 2. The average molecular weight is 423 g/mol. The van der Waals surface area contributed by atoms with Crippen LogP contribution in [0.4, 0.5) is 10.2 Å². The molecule has 14 heteroatoms. The normalized spacial score (nSPS) is 24.6. The molecular weight excluding hydrogens is 405 g/mol. The van der Waals surface area contributed by atoms with E-state index in [-0.39, 0.29) is 0 Å². The van der Waals surface area contributed by atoms with Crippen molar-refractivity contribution in [3.63, 3.8) is 0 Å². The number of esters is 2. The summed E-state index contributed by atoms with van der Waals surface area (Å²) in [6.45, 7) is 1.75. The highest BCUT2D eigenvalue weighted by atomic mass is 32.2. The number of hydrogen-bond donors (Lipinski definition) is 2. The van der Waals surface area contributed by atoms with Crippen molar-refractivity contribution in [2.75, 3.05) is 18.2 Å². The number of H-pyrrole nitrogens is 1. The van der Waals surface area contributed by atoms with E-state index in [1.165, 1.54) is 0 Å². The second-order valence-electron chi connectivity index (χ2n) is 5.79. The number of nitrogens with one attached hydrogen (secondary N) is 2. The third-order valence-corrected chi connectivity index (χ3v) is 3.97. The predicted octanol–water partition coefficient (Wildman–Crippen LogP) is -1.11. The molecule has 1 aromatic heterocycles. The van der Waals surface area contributed by atoms with Gasteiger partial charge < -0.3 is 19.5 Å². The van der Waals surface area contributed by atoms with Crippen LogP contribution in [0.25, 0.3) is 0 Å². The lowest BCUT2D eigenvalue weighted by atomic mass is 10.1. The monoisotopic (exact) mass is 423 g/mol. The molecule has 0 aliphatic carbocycles. The van der Waals surface area contributed by atoms with E-state index in [0.29, 0.717) is 6.20 Å². The Bertz CT molecular complexity index is 904. The Morgan fingerprint density at radius 1 is 1.32 bits per heavy atom. The van der Waals surface area contributed by atoms with Crippen LogP contribution >= 0.6 is 0 Å². The van der Waals surface area contributed by atoms with Gasteiger partial charge in [-0.05, 0) is 0 Å². The first kappa shape index (κ1) is 21.7. The minimum absolute atomic E-state index is 0.430. The molecule has 1 saturated heterocycles. The molecule has 156 valence electrons. The van der Waals surface area contributed by atoms with Crippen molar-refractivity contribution in [1.29, 1.82) is 0 Å². The molecule has 2 rings (SSSR count). The zero-order valence-corrected chi connectivity index (χ0v) is 15.8. The summed E-state index contributed by atoms with van der Waals surface area (Å²) >= 11 is 0. The summed E-state index contributed by atoms with van der Waals surface area (Å²) in [4.78, 5) is 39.1. The van der Waals surface area contributed by atoms with Crippen LogP contribution in [0, 0.1) is 5.82 Å². The Labute approximate surface area is 158 Å². The number of hydrogen-bond acceptors (Lipinski definition) is 11. The van der Waals surface area contributed by atoms with Gasteiger partial charge in [-0.2, -0.15) is 13.4 Å². The molecule has 0 spiro atoms. The van der Waals surface area contributed by atoms with Crippen LogP contribution in [0.15, 0.2) is 11.0 Å². The quantitative estimate of drug-likeness (QED) is 0.403. The lowest BCUT2D eigenvalue weighted by Gasteiger charge is -2.23. The summed E-state index contributed by atoms with van der Waals surface area (Å²) in [7, 11) is -4.04. The Morgan fingerprint density at radius 2 is 2.00 bits per heavy atom. The highest BCUT2D eigenvalue weighted by Crippen LogP contribution is 2.29. The standard InChI is InChI=1S/C14H18FN3O9S/c1-6(19)24-5-9-10(27-28(3,22)23)11(25-7(2)20)13(26-9)17-12-8(15)4-16-14(21)18-12/h4,9-11,13H,5H2,1-3H3,(H2,16,17,18,21)/t9-,10+,11-,13-/m1/s1. The largest absolute Gasteiger partial charge is 0.463 e. The molecule has 1 aromatic rings. The number of aromatic amines is 1. The second kappa shape index (κ2) is 8.62. The van der Waals surface area contributed by atoms with Gasteiger partial charge in [-0.3, -0.25) is 18.8 Å². The molecule has 2 heterocycles. The van der Waals surface area contributed by atoms with Gasteiger partial charge in [-0.1, -0.05) is 0 Å². The molecule has 0 unspecified atom stereocenters. The molecule has 4 atom stereocenters. The molecule has 28 heavy (non-hydrogen) atoms. The van der Waals surface area contributed by atoms with Crippen LogP contribution in [-0.2, 0) is 38.1 Å². The molecule has 0 bridgehead atoms. The number of ether oxygens (including phenoxy) is 3. The first-order chi connectivity index (χ1) is 13.0. The SMILES string of the molecule is CC(=O)OC[C@H]1O[C@@H](Nc2[nH]c(=O)ncc2F)[C@H](OC(C)=O)[C@H]1OS(C)(=O)=O. The third kappa shape index (κ3) is 5.97. The minimum atomic E-state index is -4.04. The number of carbonyl (C=O) groups excluding carboxylic acids is 2. The van der Waals surface area contributed by atoms with Crippen molar-refractivity contribution in [1.82, 2.24) is 9.97 Å². The maximum atomic E-state index is 13.9. The Kier molecular flexibility index (Phi) is 6.69. The van der Waals surface area contributed by atoms with E-state index in [9.17, 15) is 27.2 Å². The number of anilines is 1.